The van der Waals surface area contributed by atoms with Crippen LogP contribution in [0.4, 0.5) is 5.82 Å². The summed E-state index contributed by atoms with van der Waals surface area (Å²) in [6.45, 7) is 2.60. The van der Waals surface area contributed by atoms with E-state index in [1.165, 1.54) is 12.3 Å². The summed E-state index contributed by atoms with van der Waals surface area (Å²) in [6.07, 6.45) is 1.91. The van der Waals surface area contributed by atoms with Crippen molar-refractivity contribution in [1.29, 1.82) is 0 Å². The third-order valence-corrected chi connectivity index (χ3v) is 4.47. The first-order valence-electron chi connectivity index (χ1n) is 6.05. The van der Waals surface area contributed by atoms with Crippen LogP contribution in [-0.2, 0) is 10.0 Å². The average Bonchev–Trinajstić information content (AvgIpc) is 2.35. The SMILES string of the molecule is CC(CCN(C)C)NS(=O)(=O)c1cnc(NN)c(Cl)c1. The molecule has 0 aliphatic rings. The summed E-state index contributed by atoms with van der Waals surface area (Å²) in [7, 11) is 0.229. The molecule has 0 spiro atoms. The predicted molar refractivity (Wildman–Crippen MR) is 80.0 cm³/mol. The zero-order valence-electron chi connectivity index (χ0n) is 11.7. The van der Waals surface area contributed by atoms with Gasteiger partial charge in [-0.25, -0.2) is 24.0 Å². The van der Waals surface area contributed by atoms with Gasteiger partial charge in [0.05, 0.1) is 5.02 Å². The van der Waals surface area contributed by atoms with Gasteiger partial charge in [0, 0.05) is 12.2 Å². The first-order valence-corrected chi connectivity index (χ1v) is 7.91. The fraction of sp³-hybridized carbons (Fsp3) is 0.545. The first kappa shape index (κ1) is 17.1. The summed E-state index contributed by atoms with van der Waals surface area (Å²) in [5.74, 6) is 5.42. The van der Waals surface area contributed by atoms with Crippen molar-refractivity contribution in [2.24, 2.45) is 5.84 Å². The van der Waals surface area contributed by atoms with E-state index in [1.54, 1.807) is 0 Å². The maximum absolute atomic E-state index is 12.2. The van der Waals surface area contributed by atoms with E-state index in [0.717, 1.165) is 6.54 Å². The van der Waals surface area contributed by atoms with E-state index in [0.29, 0.717) is 6.42 Å². The number of nitrogens with zero attached hydrogens (tertiary/aromatic N) is 2. The molecule has 0 aliphatic heterocycles. The monoisotopic (exact) mass is 321 g/mol. The summed E-state index contributed by atoms with van der Waals surface area (Å²) >= 11 is 5.87. The van der Waals surface area contributed by atoms with E-state index >= 15 is 0 Å². The Morgan fingerprint density at radius 2 is 2.15 bits per heavy atom. The molecule has 1 aromatic rings. The molecule has 9 heteroatoms. The van der Waals surface area contributed by atoms with Crippen molar-refractivity contribution in [3.05, 3.63) is 17.3 Å². The second-order valence-corrected chi connectivity index (χ2v) is 6.88. The van der Waals surface area contributed by atoms with E-state index in [2.05, 4.69) is 15.1 Å². The second kappa shape index (κ2) is 7.19. The van der Waals surface area contributed by atoms with Gasteiger partial charge in [-0.1, -0.05) is 11.6 Å². The van der Waals surface area contributed by atoms with Crippen LogP contribution in [0.2, 0.25) is 5.02 Å². The highest BCUT2D eigenvalue weighted by Gasteiger charge is 2.19. The molecule has 1 heterocycles. The number of halogens is 1. The molecule has 0 aromatic carbocycles. The Kier molecular flexibility index (Phi) is 6.15. The highest BCUT2D eigenvalue weighted by atomic mass is 35.5. The van der Waals surface area contributed by atoms with Crippen molar-refractivity contribution in [2.45, 2.75) is 24.3 Å². The minimum atomic E-state index is -3.64. The molecule has 4 N–H and O–H groups in total. The molecule has 1 aromatic heterocycles. The highest BCUT2D eigenvalue weighted by molar-refractivity contribution is 7.89. The van der Waals surface area contributed by atoms with Crippen molar-refractivity contribution < 1.29 is 8.42 Å². The van der Waals surface area contributed by atoms with E-state index in [9.17, 15) is 8.42 Å². The van der Waals surface area contributed by atoms with Crippen LogP contribution in [0.5, 0.6) is 0 Å². The number of hydrogen-bond donors (Lipinski definition) is 3. The van der Waals surface area contributed by atoms with Crippen LogP contribution in [0.25, 0.3) is 0 Å². The summed E-state index contributed by atoms with van der Waals surface area (Å²) < 4.78 is 26.9. The van der Waals surface area contributed by atoms with Gasteiger partial charge < -0.3 is 10.3 Å². The Morgan fingerprint density at radius 3 is 2.65 bits per heavy atom. The number of hydrogen-bond acceptors (Lipinski definition) is 6. The van der Waals surface area contributed by atoms with Gasteiger partial charge in [-0.2, -0.15) is 0 Å². The van der Waals surface area contributed by atoms with Gasteiger partial charge in [0.15, 0.2) is 5.82 Å². The maximum atomic E-state index is 12.2. The fourth-order valence-electron chi connectivity index (χ4n) is 1.52. The normalized spacial score (nSPS) is 13.5. The van der Waals surface area contributed by atoms with Crippen molar-refractivity contribution in [3.8, 4) is 0 Å². The minimum absolute atomic E-state index is 0.0122. The van der Waals surface area contributed by atoms with Gasteiger partial charge in [0.25, 0.3) is 0 Å². The van der Waals surface area contributed by atoms with Gasteiger partial charge in [-0.15, -0.1) is 0 Å². The molecule has 0 saturated heterocycles. The van der Waals surface area contributed by atoms with Crippen LogP contribution in [-0.4, -0.2) is 45.0 Å². The molecule has 0 bridgehead atoms. The Balaban J connectivity index is 2.81. The van der Waals surface area contributed by atoms with Crippen molar-refractivity contribution in [2.75, 3.05) is 26.1 Å². The number of pyridine rings is 1. The number of nitrogens with two attached hydrogens (primary N) is 1. The minimum Gasteiger partial charge on any atom is -0.309 e. The number of rotatable bonds is 7. The Morgan fingerprint density at radius 1 is 1.50 bits per heavy atom. The second-order valence-electron chi connectivity index (χ2n) is 4.76. The Labute approximate surface area is 124 Å². The Bertz CT molecular complexity index is 550. The van der Waals surface area contributed by atoms with Gasteiger partial charge >= 0.3 is 0 Å². The summed E-state index contributed by atoms with van der Waals surface area (Å²) in [6, 6.07) is 1.12. The van der Waals surface area contributed by atoms with E-state index in [-0.39, 0.29) is 21.8 Å². The molecule has 1 atom stereocenters. The Hall–Kier alpha value is -0.930. The van der Waals surface area contributed by atoms with Crippen LogP contribution < -0.4 is 16.0 Å². The molecule has 7 nitrogen and oxygen atoms in total. The molecule has 114 valence electrons. The van der Waals surface area contributed by atoms with Crippen LogP contribution in [0.1, 0.15) is 13.3 Å². The van der Waals surface area contributed by atoms with Crippen molar-refractivity contribution in [3.63, 3.8) is 0 Å². The van der Waals surface area contributed by atoms with Crippen molar-refractivity contribution in [1.82, 2.24) is 14.6 Å². The largest absolute Gasteiger partial charge is 0.309 e. The number of nitrogen functional groups attached to an aromatic ring is 1. The molecular formula is C11H20ClN5O2S. The van der Waals surface area contributed by atoms with Crippen LogP contribution in [0.3, 0.4) is 0 Å². The van der Waals surface area contributed by atoms with Crippen molar-refractivity contribution >= 4 is 27.4 Å². The molecular weight excluding hydrogens is 302 g/mol. The molecule has 0 aliphatic carbocycles. The van der Waals surface area contributed by atoms with Crippen LogP contribution in [0, 0.1) is 0 Å². The summed E-state index contributed by atoms with van der Waals surface area (Å²) in [5, 5.41) is 0.149. The lowest BCUT2D eigenvalue weighted by Crippen LogP contribution is -2.34. The van der Waals surface area contributed by atoms with Gasteiger partial charge in [0.1, 0.15) is 4.90 Å². The predicted octanol–water partition coefficient (Wildman–Crippen LogP) is 0.639. The lowest BCUT2D eigenvalue weighted by atomic mass is 10.2. The van der Waals surface area contributed by atoms with Crippen LogP contribution >= 0.6 is 11.6 Å². The number of hydrazine groups is 1. The zero-order chi connectivity index (χ0) is 15.3. The molecule has 0 saturated carbocycles. The van der Waals surface area contributed by atoms with E-state index in [1.807, 2.05) is 25.9 Å². The van der Waals surface area contributed by atoms with Crippen LogP contribution in [0.15, 0.2) is 17.2 Å². The number of aromatic nitrogens is 1. The maximum Gasteiger partial charge on any atom is 0.242 e. The third kappa shape index (κ3) is 4.88. The molecule has 0 fully saturated rings. The van der Waals surface area contributed by atoms with Gasteiger partial charge in [-0.3, -0.25) is 0 Å². The number of nitrogens with one attached hydrogen (secondary N) is 2. The van der Waals surface area contributed by atoms with E-state index < -0.39 is 10.0 Å². The molecule has 1 unspecified atom stereocenters. The fourth-order valence-corrected chi connectivity index (χ4v) is 3.05. The standard InChI is InChI=1S/C11H20ClN5O2S/c1-8(4-5-17(2)3)16-20(18,19)9-6-10(12)11(15-13)14-7-9/h6-8,16H,4-5,13H2,1-3H3,(H,14,15). The first-order chi connectivity index (χ1) is 9.26. The third-order valence-electron chi connectivity index (χ3n) is 2.63. The zero-order valence-corrected chi connectivity index (χ0v) is 13.3. The average molecular weight is 322 g/mol. The summed E-state index contributed by atoms with van der Waals surface area (Å²) in [5.41, 5.74) is 2.28. The highest BCUT2D eigenvalue weighted by Crippen LogP contribution is 2.21. The lowest BCUT2D eigenvalue weighted by molar-refractivity contribution is 0.379. The molecule has 20 heavy (non-hydrogen) atoms. The quantitative estimate of drug-likeness (QED) is 0.503. The smallest absolute Gasteiger partial charge is 0.242 e. The molecule has 1 rings (SSSR count). The summed E-state index contributed by atoms with van der Waals surface area (Å²) in [4.78, 5) is 5.85. The topological polar surface area (TPSA) is 100 Å². The van der Waals surface area contributed by atoms with Gasteiger partial charge in [-0.05, 0) is 40.1 Å². The number of sulfonamides is 1. The molecule has 0 radical (unpaired) electrons. The number of anilines is 1. The van der Waals surface area contributed by atoms with E-state index in [4.69, 9.17) is 17.4 Å². The molecule has 0 amide bonds. The lowest BCUT2D eigenvalue weighted by Gasteiger charge is -2.17. The van der Waals surface area contributed by atoms with Gasteiger partial charge in [0.2, 0.25) is 10.0 Å².